The number of nitrogens with zero attached hydrogens (tertiary/aromatic N) is 3. The number of rotatable bonds is 7. The van der Waals surface area contributed by atoms with Crippen LogP contribution in [0.3, 0.4) is 0 Å². The molecule has 2 aromatic carbocycles. The molecule has 3 aromatic heterocycles. The molecule has 0 atom stereocenters. The number of carbonyl (C=O) groups is 3. The second-order valence-corrected chi connectivity index (χ2v) is 8.37. The molecule has 1 N–H and O–H groups in total. The second-order valence-electron chi connectivity index (χ2n) is 8.37. The molecule has 0 aliphatic rings. The maximum absolute atomic E-state index is 13.0. The summed E-state index contributed by atoms with van der Waals surface area (Å²) in [5.74, 6) is -1.31. The summed E-state index contributed by atoms with van der Waals surface area (Å²) in [7, 11) is 0. The number of para-hydroxylation sites is 3. The highest BCUT2D eigenvalue weighted by molar-refractivity contribution is 6.11. The first-order valence-corrected chi connectivity index (χ1v) is 11.6. The van der Waals surface area contributed by atoms with Crippen LogP contribution in [0, 0.1) is 6.92 Å². The van der Waals surface area contributed by atoms with Crippen LogP contribution < -0.4 is 5.32 Å². The molecule has 5 aromatic rings. The van der Waals surface area contributed by atoms with E-state index in [1.54, 1.807) is 13.8 Å². The molecule has 0 spiro atoms. The Kier molecular flexibility index (Phi) is 5.97. The zero-order valence-corrected chi connectivity index (χ0v) is 20.1. The maximum Gasteiger partial charge on any atom is 0.344 e. The molecule has 182 valence electrons. The van der Waals surface area contributed by atoms with E-state index in [-0.39, 0.29) is 47.5 Å². The first-order chi connectivity index (χ1) is 17.4. The summed E-state index contributed by atoms with van der Waals surface area (Å²) in [5.41, 5.74) is 3.96. The minimum Gasteiger partial charge on any atom is -0.462 e. The number of carbonyl (C=O) groups excluding carboxylic acids is 3. The Morgan fingerprint density at radius 1 is 1.00 bits per heavy atom. The third-order valence-electron chi connectivity index (χ3n) is 5.99. The van der Waals surface area contributed by atoms with Crippen LogP contribution in [0.2, 0.25) is 0 Å². The van der Waals surface area contributed by atoms with E-state index in [0.717, 1.165) is 27.5 Å². The number of Topliss-reactive ketones (excluding diaryl/α,β-unsaturated/α-hetero) is 1. The van der Waals surface area contributed by atoms with Gasteiger partial charge in [-0.05, 0) is 39.0 Å². The van der Waals surface area contributed by atoms with Crippen LogP contribution in [0.4, 0.5) is 5.88 Å². The van der Waals surface area contributed by atoms with Gasteiger partial charge in [0.15, 0.2) is 11.4 Å². The number of furan rings is 1. The van der Waals surface area contributed by atoms with Gasteiger partial charge in [-0.2, -0.15) is 0 Å². The van der Waals surface area contributed by atoms with E-state index >= 15 is 0 Å². The predicted molar refractivity (Wildman–Crippen MR) is 135 cm³/mol. The normalized spacial score (nSPS) is 11.3. The molecule has 5 rings (SSSR count). The van der Waals surface area contributed by atoms with Crippen molar-refractivity contribution in [2.75, 3.05) is 11.9 Å². The molecule has 0 saturated carbocycles. The van der Waals surface area contributed by atoms with Crippen LogP contribution >= 0.6 is 0 Å². The maximum atomic E-state index is 13.0. The Morgan fingerprint density at radius 3 is 2.42 bits per heavy atom. The Labute approximate surface area is 206 Å². The summed E-state index contributed by atoms with van der Waals surface area (Å²) in [4.78, 5) is 47.2. The number of ketones is 1. The van der Waals surface area contributed by atoms with Gasteiger partial charge < -0.3 is 13.7 Å². The number of aryl methyl sites for hydroxylation is 2. The van der Waals surface area contributed by atoms with Crippen molar-refractivity contribution in [3.05, 3.63) is 65.4 Å². The van der Waals surface area contributed by atoms with Crippen LogP contribution in [-0.2, 0) is 16.1 Å². The van der Waals surface area contributed by atoms with E-state index in [2.05, 4.69) is 5.32 Å². The van der Waals surface area contributed by atoms with Gasteiger partial charge in [0.1, 0.15) is 16.8 Å². The van der Waals surface area contributed by atoms with Crippen LogP contribution in [0.25, 0.3) is 33.1 Å². The van der Waals surface area contributed by atoms with E-state index in [0.29, 0.717) is 12.2 Å². The number of esters is 1. The Morgan fingerprint density at radius 2 is 1.69 bits per heavy atom. The van der Waals surface area contributed by atoms with Crippen molar-refractivity contribution in [2.45, 2.75) is 33.7 Å². The van der Waals surface area contributed by atoms with Gasteiger partial charge in [-0.15, -0.1) is 0 Å². The number of nitrogens with one attached hydrogen (secondary N) is 1. The van der Waals surface area contributed by atoms with Gasteiger partial charge in [-0.1, -0.05) is 30.3 Å². The standard InChI is InChI=1S/C27H24N4O5/c1-4-35-27(34)23-22(15(2)32)16(3)36-26(23)30-21(33)13-14-31-20-12-8-5-9-17(20)24-25(31)29-19-11-7-6-10-18(19)28-24/h5-12H,4,13-14H2,1-3H3,(H,30,33). The highest BCUT2D eigenvalue weighted by Gasteiger charge is 2.28. The van der Waals surface area contributed by atoms with Crippen LogP contribution in [0.15, 0.2) is 52.9 Å². The van der Waals surface area contributed by atoms with E-state index in [1.807, 2.05) is 53.1 Å². The minimum atomic E-state index is -0.723. The average Bonchev–Trinajstić information content (AvgIpc) is 3.35. The summed E-state index contributed by atoms with van der Waals surface area (Å²) >= 11 is 0. The monoisotopic (exact) mass is 484 g/mol. The molecule has 0 bridgehead atoms. The number of hydrogen-bond donors (Lipinski definition) is 1. The van der Waals surface area contributed by atoms with Gasteiger partial charge in [0.05, 0.1) is 28.7 Å². The quantitative estimate of drug-likeness (QED) is 0.254. The molecular formula is C27H24N4O5. The Hall–Kier alpha value is -4.53. The van der Waals surface area contributed by atoms with Crippen molar-refractivity contribution in [2.24, 2.45) is 0 Å². The summed E-state index contributed by atoms with van der Waals surface area (Å²) in [5, 5.41) is 3.59. The first kappa shape index (κ1) is 23.2. The van der Waals surface area contributed by atoms with Crippen LogP contribution in [0.1, 0.15) is 46.7 Å². The van der Waals surface area contributed by atoms with Crippen molar-refractivity contribution in [3.63, 3.8) is 0 Å². The van der Waals surface area contributed by atoms with E-state index in [1.165, 1.54) is 6.92 Å². The molecule has 0 saturated heterocycles. The van der Waals surface area contributed by atoms with E-state index in [4.69, 9.17) is 19.1 Å². The van der Waals surface area contributed by atoms with Crippen molar-refractivity contribution in [3.8, 4) is 0 Å². The molecule has 0 radical (unpaired) electrons. The third-order valence-corrected chi connectivity index (χ3v) is 5.99. The molecule has 0 aliphatic heterocycles. The fourth-order valence-corrected chi connectivity index (χ4v) is 4.47. The Balaban J connectivity index is 1.47. The van der Waals surface area contributed by atoms with Gasteiger partial charge >= 0.3 is 5.97 Å². The molecule has 3 heterocycles. The highest BCUT2D eigenvalue weighted by Crippen LogP contribution is 2.30. The summed E-state index contributed by atoms with van der Waals surface area (Å²) in [6.07, 6.45) is 0.0691. The summed E-state index contributed by atoms with van der Waals surface area (Å²) < 4.78 is 12.6. The molecule has 1 amide bonds. The third kappa shape index (κ3) is 3.98. The van der Waals surface area contributed by atoms with Crippen molar-refractivity contribution in [1.29, 1.82) is 0 Å². The van der Waals surface area contributed by atoms with Crippen LogP contribution in [0.5, 0.6) is 0 Å². The molecule has 9 heteroatoms. The molecule has 0 fully saturated rings. The minimum absolute atomic E-state index is 0.0654. The zero-order valence-electron chi connectivity index (χ0n) is 20.1. The van der Waals surface area contributed by atoms with Crippen molar-refractivity contribution >= 4 is 56.6 Å². The van der Waals surface area contributed by atoms with E-state index < -0.39 is 5.97 Å². The molecular weight excluding hydrogens is 460 g/mol. The zero-order chi connectivity index (χ0) is 25.4. The lowest BCUT2D eigenvalue weighted by Crippen LogP contribution is -2.17. The molecule has 9 nitrogen and oxygen atoms in total. The fraction of sp³-hybridized carbons (Fsp3) is 0.222. The number of ether oxygens (including phenoxy) is 1. The fourth-order valence-electron chi connectivity index (χ4n) is 4.47. The number of hydrogen-bond acceptors (Lipinski definition) is 7. The topological polar surface area (TPSA) is 116 Å². The average molecular weight is 485 g/mol. The molecule has 0 aliphatic carbocycles. The molecule has 36 heavy (non-hydrogen) atoms. The van der Waals surface area contributed by atoms with E-state index in [9.17, 15) is 14.4 Å². The van der Waals surface area contributed by atoms with Gasteiger partial charge in [-0.25, -0.2) is 14.8 Å². The predicted octanol–water partition coefficient (Wildman–Crippen LogP) is 5.05. The second kappa shape index (κ2) is 9.26. The number of amides is 1. The van der Waals surface area contributed by atoms with Gasteiger partial charge in [0.2, 0.25) is 11.8 Å². The summed E-state index contributed by atoms with van der Waals surface area (Å²) in [6, 6.07) is 15.5. The van der Waals surface area contributed by atoms with Crippen molar-refractivity contribution < 1.29 is 23.5 Å². The Bertz CT molecular complexity index is 1660. The smallest absolute Gasteiger partial charge is 0.344 e. The van der Waals surface area contributed by atoms with Crippen molar-refractivity contribution in [1.82, 2.24) is 14.5 Å². The first-order valence-electron chi connectivity index (χ1n) is 11.6. The molecule has 0 unspecified atom stereocenters. The lowest BCUT2D eigenvalue weighted by molar-refractivity contribution is -0.116. The lowest BCUT2D eigenvalue weighted by Gasteiger charge is -2.08. The van der Waals surface area contributed by atoms with Gasteiger partial charge in [-0.3, -0.25) is 14.9 Å². The highest BCUT2D eigenvalue weighted by atomic mass is 16.5. The lowest BCUT2D eigenvalue weighted by atomic mass is 10.1. The van der Waals surface area contributed by atoms with Crippen LogP contribution in [-0.4, -0.2) is 38.8 Å². The number of fused-ring (bicyclic) bond motifs is 4. The largest absolute Gasteiger partial charge is 0.462 e. The van der Waals surface area contributed by atoms with Gasteiger partial charge in [0, 0.05) is 18.4 Å². The van der Waals surface area contributed by atoms with Gasteiger partial charge in [0.25, 0.3) is 0 Å². The summed E-state index contributed by atoms with van der Waals surface area (Å²) in [6.45, 7) is 5.00. The number of aromatic nitrogens is 3. The number of anilines is 1. The SMILES string of the molecule is CCOC(=O)c1c(NC(=O)CCn2c3ccccc3c3nc4ccccc4nc32)oc(C)c1C(C)=O. The number of benzene rings is 2.